The second-order valence-corrected chi connectivity index (χ2v) is 5.90. The Morgan fingerprint density at radius 3 is 2.43 bits per heavy atom. The molecule has 2 aromatic rings. The number of carbonyl (C=O) groups is 1. The van der Waals surface area contributed by atoms with Gasteiger partial charge in [0.1, 0.15) is 11.4 Å². The number of carbonyl (C=O) groups excluding carboxylic acids is 1. The van der Waals surface area contributed by atoms with Gasteiger partial charge >= 0.3 is 0 Å². The first kappa shape index (κ1) is 15.5. The van der Waals surface area contributed by atoms with E-state index >= 15 is 0 Å². The molecule has 122 valence electrons. The minimum atomic E-state index is 0.117. The Morgan fingerprint density at radius 1 is 1.09 bits per heavy atom. The standard InChI is InChI=1S/C18H23N3O2/c1-14-7-8-17(19(14)2)18(22)21-11-9-20(10-12-21)15-5-4-6-16(13-15)23-3/h4-8,13H,9-12H2,1-3H3. The van der Waals surface area contributed by atoms with E-state index in [4.69, 9.17) is 4.74 Å². The molecule has 0 N–H and O–H groups in total. The molecule has 0 radical (unpaired) electrons. The maximum Gasteiger partial charge on any atom is 0.270 e. The maximum atomic E-state index is 12.6. The Kier molecular flexibility index (Phi) is 4.28. The number of hydrogen-bond acceptors (Lipinski definition) is 3. The van der Waals surface area contributed by atoms with Gasteiger partial charge in [-0.25, -0.2) is 0 Å². The molecule has 23 heavy (non-hydrogen) atoms. The molecule has 1 aromatic heterocycles. The number of hydrogen-bond donors (Lipinski definition) is 0. The van der Waals surface area contributed by atoms with Gasteiger partial charge in [0.25, 0.3) is 5.91 Å². The SMILES string of the molecule is COc1cccc(N2CCN(C(=O)c3ccc(C)n3C)CC2)c1. The summed E-state index contributed by atoms with van der Waals surface area (Å²) in [6, 6.07) is 12.0. The van der Waals surface area contributed by atoms with Gasteiger partial charge < -0.3 is 19.1 Å². The Hall–Kier alpha value is -2.43. The highest BCUT2D eigenvalue weighted by molar-refractivity contribution is 5.93. The largest absolute Gasteiger partial charge is 0.497 e. The lowest BCUT2D eigenvalue weighted by Gasteiger charge is -2.36. The first-order valence-corrected chi connectivity index (χ1v) is 7.91. The number of ether oxygens (including phenoxy) is 1. The van der Waals surface area contributed by atoms with Crippen LogP contribution >= 0.6 is 0 Å². The summed E-state index contributed by atoms with van der Waals surface area (Å²) in [5.74, 6) is 0.978. The number of nitrogens with zero attached hydrogens (tertiary/aromatic N) is 3. The van der Waals surface area contributed by atoms with Crippen molar-refractivity contribution in [3.05, 3.63) is 47.8 Å². The number of aromatic nitrogens is 1. The third kappa shape index (κ3) is 3.04. The Bertz CT molecular complexity index is 700. The zero-order valence-electron chi connectivity index (χ0n) is 14.0. The highest BCUT2D eigenvalue weighted by Gasteiger charge is 2.24. The minimum absolute atomic E-state index is 0.117. The number of amides is 1. The summed E-state index contributed by atoms with van der Waals surface area (Å²) in [6.45, 7) is 5.16. The van der Waals surface area contributed by atoms with E-state index in [2.05, 4.69) is 11.0 Å². The smallest absolute Gasteiger partial charge is 0.270 e. The number of piperazine rings is 1. The molecule has 1 aliphatic rings. The van der Waals surface area contributed by atoms with Crippen LogP contribution in [0.25, 0.3) is 0 Å². The van der Waals surface area contributed by atoms with Gasteiger partial charge in [-0.15, -0.1) is 0 Å². The van der Waals surface area contributed by atoms with Crippen LogP contribution in [-0.2, 0) is 7.05 Å². The van der Waals surface area contributed by atoms with Crippen LogP contribution in [0.4, 0.5) is 5.69 Å². The molecular weight excluding hydrogens is 290 g/mol. The quantitative estimate of drug-likeness (QED) is 0.873. The third-order valence-electron chi connectivity index (χ3n) is 4.58. The van der Waals surface area contributed by atoms with Crippen LogP contribution in [0.2, 0.25) is 0 Å². The third-order valence-corrected chi connectivity index (χ3v) is 4.58. The average molecular weight is 313 g/mol. The lowest BCUT2D eigenvalue weighted by atomic mass is 10.2. The lowest BCUT2D eigenvalue weighted by molar-refractivity contribution is 0.0737. The van der Waals surface area contributed by atoms with E-state index in [0.29, 0.717) is 0 Å². The van der Waals surface area contributed by atoms with Crippen molar-refractivity contribution in [2.75, 3.05) is 38.2 Å². The van der Waals surface area contributed by atoms with Crippen molar-refractivity contribution in [2.24, 2.45) is 7.05 Å². The van der Waals surface area contributed by atoms with Gasteiger partial charge in [-0.3, -0.25) is 4.79 Å². The number of benzene rings is 1. The number of rotatable bonds is 3. The van der Waals surface area contributed by atoms with Crippen LogP contribution < -0.4 is 9.64 Å². The maximum absolute atomic E-state index is 12.6. The predicted molar refractivity (Wildman–Crippen MR) is 91.3 cm³/mol. The lowest BCUT2D eigenvalue weighted by Crippen LogP contribution is -2.49. The zero-order chi connectivity index (χ0) is 16.4. The molecule has 0 unspecified atom stereocenters. The Labute approximate surface area is 137 Å². The zero-order valence-corrected chi connectivity index (χ0v) is 14.0. The van der Waals surface area contributed by atoms with Crippen molar-refractivity contribution in [3.63, 3.8) is 0 Å². The second-order valence-electron chi connectivity index (χ2n) is 5.90. The molecule has 0 aliphatic carbocycles. The molecular formula is C18H23N3O2. The van der Waals surface area contributed by atoms with Crippen molar-refractivity contribution in [2.45, 2.75) is 6.92 Å². The second kappa shape index (κ2) is 6.36. The molecule has 1 saturated heterocycles. The molecule has 1 aliphatic heterocycles. The molecule has 0 saturated carbocycles. The van der Waals surface area contributed by atoms with E-state index in [1.54, 1.807) is 7.11 Å². The molecule has 0 spiro atoms. The molecule has 1 amide bonds. The van der Waals surface area contributed by atoms with Gasteiger partial charge in [0, 0.05) is 50.7 Å². The molecule has 0 bridgehead atoms. The molecule has 1 aromatic carbocycles. The fourth-order valence-corrected chi connectivity index (χ4v) is 2.96. The Balaban J connectivity index is 1.66. The minimum Gasteiger partial charge on any atom is -0.497 e. The van der Waals surface area contributed by atoms with Crippen LogP contribution in [0.5, 0.6) is 5.75 Å². The van der Waals surface area contributed by atoms with E-state index in [0.717, 1.165) is 49.0 Å². The Morgan fingerprint density at radius 2 is 1.83 bits per heavy atom. The van der Waals surface area contributed by atoms with Crippen molar-refractivity contribution in [1.29, 1.82) is 0 Å². The van der Waals surface area contributed by atoms with Crippen LogP contribution in [0.15, 0.2) is 36.4 Å². The van der Waals surface area contributed by atoms with Gasteiger partial charge in [0.15, 0.2) is 0 Å². The van der Waals surface area contributed by atoms with Gasteiger partial charge in [0.2, 0.25) is 0 Å². The van der Waals surface area contributed by atoms with E-state index in [1.807, 2.05) is 53.8 Å². The average Bonchev–Trinajstić information content (AvgIpc) is 2.93. The van der Waals surface area contributed by atoms with Gasteiger partial charge in [-0.1, -0.05) is 6.07 Å². The summed E-state index contributed by atoms with van der Waals surface area (Å²) in [5, 5.41) is 0. The molecule has 2 heterocycles. The summed E-state index contributed by atoms with van der Waals surface area (Å²) in [7, 11) is 3.62. The normalized spacial score (nSPS) is 14.9. The monoisotopic (exact) mass is 313 g/mol. The van der Waals surface area contributed by atoms with Gasteiger partial charge in [-0.2, -0.15) is 0 Å². The van der Waals surface area contributed by atoms with E-state index < -0.39 is 0 Å². The van der Waals surface area contributed by atoms with Crippen molar-refractivity contribution >= 4 is 11.6 Å². The fourth-order valence-electron chi connectivity index (χ4n) is 2.96. The van der Waals surface area contributed by atoms with Crippen LogP contribution in [-0.4, -0.2) is 48.7 Å². The topological polar surface area (TPSA) is 37.7 Å². The molecule has 3 rings (SSSR count). The summed E-state index contributed by atoms with van der Waals surface area (Å²) < 4.78 is 7.24. The number of methoxy groups -OCH3 is 1. The van der Waals surface area contributed by atoms with Crippen LogP contribution in [0.1, 0.15) is 16.2 Å². The number of anilines is 1. The van der Waals surface area contributed by atoms with E-state index in [-0.39, 0.29) is 5.91 Å². The molecule has 0 atom stereocenters. The molecule has 1 fully saturated rings. The molecule has 5 nitrogen and oxygen atoms in total. The van der Waals surface area contributed by atoms with Crippen LogP contribution in [0, 0.1) is 6.92 Å². The van der Waals surface area contributed by atoms with E-state index in [9.17, 15) is 4.79 Å². The van der Waals surface area contributed by atoms with Crippen molar-refractivity contribution in [1.82, 2.24) is 9.47 Å². The summed E-state index contributed by atoms with van der Waals surface area (Å²) in [6.07, 6.45) is 0. The van der Waals surface area contributed by atoms with Crippen LogP contribution in [0.3, 0.4) is 0 Å². The highest BCUT2D eigenvalue weighted by atomic mass is 16.5. The van der Waals surface area contributed by atoms with Crippen molar-refractivity contribution < 1.29 is 9.53 Å². The summed E-state index contributed by atoms with van der Waals surface area (Å²) in [5.41, 5.74) is 3.01. The first-order chi connectivity index (χ1) is 11.1. The number of aryl methyl sites for hydroxylation is 1. The van der Waals surface area contributed by atoms with Crippen molar-refractivity contribution in [3.8, 4) is 5.75 Å². The predicted octanol–water partition coefficient (Wildman–Crippen LogP) is 2.30. The van der Waals surface area contributed by atoms with E-state index in [1.165, 1.54) is 0 Å². The first-order valence-electron chi connectivity index (χ1n) is 7.91. The molecule has 5 heteroatoms. The van der Waals surface area contributed by atoms with Gasteiger partial charge in [0.05, 0.1) is 7.11 Å². The van der Waals surface area contributed by atoms with Gasteiger partial charge in [-0.05, 0) is 31.2 Å². The summed E-state index contributed by atoms with van der Waals surface area (Å²) >= 11 is 0. The fraction of sp³-hybridized carbons (Fsp3) is 0.389. The summed E-state index contributed by atoms with van der Waals surface area (Å²) in [4.78, 5) is 16.9. The highest BCUT2D eigenvalue weighted by Crippen LogP contribution is 2.22.